The number of benzene rings is 1. The minimum Gasteiger partial charge on any atom is -0.262 e. The molecule has 4 radical (unpaired) electrons. The van der Waals surface area contributed by atoms with E-state index in [1.165, 1.54) is 0 Å². The number of halogens is 1. The summed E-state index contributed by atoms with van der Waals surface area (Å²) in [6.45, 7) is 1.96. The molecule has 1 aromatic carbocycles. The summed E-state index contributed by atoms with van der Waals surface area (Å²) >= 11 is 3.39. The summed E-state index contributed by atoms with van der Waals surface area (Å²) in [5.74, 6) is 0. The second kappa shape index (κ2) is 3.39. The Kier molecular flexibility index (Phi) is 2.35. The standard InChI is InChI=1S/C9H5B2BrN2/c1-4-2-3-5(12)7-6(4)13-8(10)9(11)14-7/h2-3H,1H3. The number of hydrogen-bond donors (Lipinski definition) is 0. The lowest BCUT2D eigenvalue weighted by molar-refractivity contribution is 1.34. The summed E-state index contributed by atoms with van der Waals surface area (Å²) in [5, 5.41) is 0. The van der Waals surface area contributed by atoms with Gasteiger partial charge in [0.2, 0.25) is 0 Å². The Labute approximate surface area is 93.1 Å². The minimum absolute atomic E-state index is 0.267. The van der Waals surface area contributed by atoms with Gasteiger partial charge < -0.3 is 0 Å². The molecular formula is C9H5B2BrN2. The molecule has 1 heterocycles. The third-order valence-electron chi connectivity index (χ3n) is 2.03. The van der Waals surface area contributed by atoms with Crippen LogP contribution in [0.5, 0.6) is 0 Å². The van der Waals surface area contributed by atoms with Gasteiger partial charge in [-0.25, -0.2) is 0 Å². The molecule has 0 saturated heterocycles. The molecule has 1 aromatic heterocycles. The molecule has 0 fully saturated rings. The van der Waals surface area contributed by atoms with Crippen molar-refractivity contribution in [3.05, 3.63) is 22.2 Å². The third-order valence-corrected chi connectivity index (χ3v) is 2.67. The largest absolute Gasteiger partial charge is 0.262 e. The molecule has 14 heavy (non-hydrogen) atoms. The van der Waals surface area contributed by atoms with Crippen molar-refractivity contribution >= 4 is 53.8 Å². The van der Waals surface area contributed by atoms with Crippen LogP contribution in [0.1, 0.15) is 5.56 Å². The molecule has 64 valence electrons. The predicted molar refractivity (Wildman–Crippen MR) is 62.8 cm³/mol. The molecule has 0 aliphatic heterocycles. The van der Waals surface area contributed by atoms with Crippen molar-refractivity contribution in [1.82, 2.24) is 9.97 Å². The summed E-state index contributed by atoms with van der Waals surface area (Å²) in [7, 11) is 11.2. The maximum atomic E-state index is 5.59. The smallest absolute Gasteiger partial charge is 0.143 e. The predicted octanol–water partition coefficient (Wildman–Crippen LogP) is 0.288. The van der Waals surface area contributed by atoms with Crippen LogP contribution >= 0.6 is 15.9 Å². The highest BCUT2D eigenvalue weighted by atomic mass is 79.9. The lowest BCUT2D eigenvalue weighted by Crippen LogP contribution is -2.32. The molecule has 0 atom stereocenters. The first-order chi connectivity index (χ1) is 6.59. The average molecular weight is 243 g/mol. The Balaban J connectivity index is 2.94. The Morgan fingerprint density at radius 3 is 2.29 bits per heavy atom. The van der Waals surface area contributed by atoms with Gasteiger partial charge in [-0.1, -0.05) is 6.07 Å². The van der Waals surface area contributed by atoms with Gasteiger partial charge in [0.05, 0.1) is 5.52 Å². The summed E-state index contributed by atoms with van der Waals surface area (Å²) in [5.41, 5.74) is 3.10. The van der Waals surface area contributed by atoms with Gasteiger partial charge in [0.25, 0.3) is 0 Å². The summed E-state index contributed by atoms with van der Waals surface area (Å²) in [6, 6.07) is 3.87. The zero-order valence-corrected chi connectivity index (χ0v) is 9.17. The quantitative estimate of drug-likeness (QED) is 0.621. The first-order valence-corrected chi connectivity index (χ1v) is 4.86. The molecule has 0 bridgehead atoms. The maximum absolute atomic E-state index is 5.59. The van der Waals surface area contributed by atoms with Crippen molar-refractivity contribution in [2.24, 2.45) is 0 Å². The van der Waals surface area contributed by atoms with E-state index in [4.69, 9.17) is 15.7 Å². The summed E-state index contributed by atoms with van der Waals surface area (Å²) in [4.78, 5) is 8.37. The van der Waals surface area contributed by atoms with Gasteiger partial charge in [-0.05, 0) is 45.7 Å². The molecule has 2 rings (SSSR count). The Hall–Kier alpha value is -0.830. The van der Waals surface area contributed by atoms with Crippen LogP contribution < -0.4 is 11.2 Å². The summed E-state index contributed by atoms with van der Waals surface area (Å²) < 4.78 is 0.873. The monoisotopic (exact) mass is 242 g/mol. The van der Waals surface area contributed by atoms with Crippen molar-refractivity contribution in [2.75, 3.05) is 0 Å². The zero-order valence-electron chi connectivity index (χ0n) is 7.58. The van der Waals surface area contributed by atoms with Gasteiger partial charge in [-0.3, -0.25) is 9.97 Å². The van der Waals surface area contributed by atoms with Gasteiger partial charge in [0, 0.05) is 4.47 Å². The first kappa shape index (κ1) is 9.71. The average Bonchev–Trinajstić information content (AvgIpc) is 2.15. The first-order valence-electron chi connectivity index (χ1n) is 4.07. The van der Waals surface area contributed by atoms with Crippen LogP contribution in [-0.2, 0) is 0 Å². The van der Waals surface area contributed by atoms with E-state index < -0.39 is 0 Å². The normalized spacial score (nSPS) is 10.7. The van der Waals surface area contributed by atoms with Gasteiger partial charge in [-0.15, -0.1) is 0 Å². The van der Waals surface area contributed by atoms with E-state index in [1.807, 2.05) is 19.1 Å². The number of nitrogens with zero attached hydrogens (tertiary/aromatic N) is 2. The Morgan fingerprint density at radius 1 is 1.07 bits per heavy atom. The van der Waals surface area contributed by atoms with Gasteiger partial charge in [0.1, 0.15) is 21.2 Å². The van der Waals surface area contributed by atoms with Gasteiger partial charge >= 0.3 is 0 Å². The Bertz CT molecular complexity index is 467. The molecule has 0 unspecified atom stereocenters. The Morgan fingerprint density at radius 2 is 1.64 bits per heavy atom. The van der Waals surface area contributed by atoms with E-state index in [0.717, 1.165) is 21.1 Å². The minimum atomic E-state index is 0.267. The van der Waals surface area contributed by atoms with Crippen LogP contribution in [0.2, 0.25) is 0 Å². The van der Waals surface area contributed by atoms with Crippen LogP contribution in [0.4, 0.5) is 0 Å². The van der Waals surface area contributed by atoms with Crippen LogP contribution in [0.3, 0.4) is 0 Å². The second-order valence-corrected chi connectivity index (χ2v) is 3.91. The van der Waals surface area contributed by atoms with Gasteiger partial charge in [0.15, 0.2) is 0 Å². The second-order valence-electron chi connectivity index (χ2n) is 3.06. The fourth-order valence-electron chi connectivity index (χ4n) is 1.26. The lowest BCUT2D eigenvalue weighted by Gasteiger charge is -2.06. The van der Waals surface area contributed by atoms with Crippen LogP contribution in [0, 0.1) is 6.92 Å². The van der Waals surface area contributed by atoms with Crippen molar-refractivity contribution in [2.45, 2.75) is 6.92 Å². The highest BCUT2D eigenvalue weighted by Gasteiger charge is 2.06. The highest BCUT2D eigenvalue weighted by molar-refractivity contribution is 9.10. The van der Waals surface area contributed by atoms with E-state index in [0.29, 0.717) is 0 Å². The lowest BCUT2D eigenvalue weighted by atomic mass is 9.90. The molecule has 0 saturated carbocycles. The van der Waals surface area contributed by atoms with E-state index in [-0.39, 0.29) is 11.2 Å². The zero-order chi connectivity index (χ0) is 10.3. The van der Waals surface area contributed by atoms with Crippen molar-refractivity contribution < 1.29 is 0 Å². The van der Waals surface area contributed by atoms with Crippen LogP contribution in [-0.4, -0.2) is 25.7 Å². The molecule has 0 aliphatic carbocycles. The molecule has 2 aromatic rings. The molecular weight excluding hydrogens is 238 g/mol. The van der Waals surface area contributed by atoms with Crippen LogP contribution in [0.25, 0.3) is 11.0 Å². The SMILES string of the molecule is [B]c1nc2c(C)ccc(Br)c2nc1[B]. The number of rotatable bonds is 0. The van der Waals surface area contributed by atoms with Crippen LogP contribution in [0.15, 0.2) is 16.6 Å². The molecule has 0 spiro atoms. The van der Waals surface area contributed by atoms with E-state index >= 15 is 0 Å². The highest BCUT2D eigenvalue weighted by Crippen LogP contribution is 2.21. The van der Waals surface area contributed by atoms with E-state index in [1.54, 1.807) is 0 Å². The summed E-state index contributed by atoms with van der Waals surface area (Å²) in [6.07, 6.45) is 0. The van der Waals surface area contributed by atoms with E-state index in [9.17, 15) is 0 Å². The van der Waals surface area contributed by atoms with Crippen molar-refractivity contribution in [3.63, 3.8) is 0 Å². The van der Waals surface area contributed by atoms with Crippen molar-refractivity contribution in [3.8, 4) is 0 Å². The maximum Gasteiger partial charge on any atom is 0.143 e. The fraction of sp³-hybridized carbons (Fsp3) is 0.111. The fourth-order valence-corrected chi connectivity index (χ4v) is 1.67. The third kappa shape index (κ3) is 1.46. The molecule has 2 nitrogen and oxygen atoms in total. The number of aromatic nitrogens is 2. The number of aryl methyl sites for hydroxylation is 1. The number of hydrogen-bond acceptors (Lipinski definition) is 2. The topological polar surface area (TPSA) is 25.8 Å². The molecule has 0 N–H and O–H groups in total. The number of fused-ring (bicyclic) bond motifs is 1. The molecule has 0 amide bonds. The van der Waals surface area contributed by atoms with Gasteiger partial charge in [-0.2, -0.15) is 0 Å². The molecule has 0 aliphatic rings. The molecule has 5 heteroatoms. The van der Waals surface area contributed by atoms with Crippen molar-refractivity contribution in [1.29, 1.82) is 0 Å². The van der Waals surface area contributed by atoms with E-state index in [2.05, 4.69) is 25.9 Å².